The van der Waals surface area contributed by atoms with Crippen LogP contribution in [0.4, 0.5) is 0 Å². The van der Waals surface area contributed by atoms with Crippen molar-refractivity contribution in [3.63, 3.8) is 0 Å². The van der Waals surface area contributed by atoms with Crippen molar-refractivity contribution in [3.8, 4) is 0 Å². The molecule has 0 aromatic carbocycles. The van der Waals surface area contributed by atoms with Gasteiger partial charge >= 0.3 is 0 Å². The molecular weight excluding hydrogens is 196 g/mol. The lowest BCUT2D eigenvalue weighted by Gasteiger charge is -2.39. The fraction of sp³-hybridized carbons (Fsp3) is 0.917. The second-order valence-corrected chi connectivity index (χ2v) is 5.55. The molecule has 2 unspecified atom stereocenters. The third-order valence-corrected chi connectivity index (χ3v) is 4.16. The molecule has 2 heteroatoms. The number of hydrogen-bond acceptors (Lipinski definition) is 1. The first kappa shape index (κ1) is 10.5. The summed E-state index contributed by atoms with van der Waals surface area (Å²) >= 11 is 5.38. The van der Waals surface area contributed by atoms with Crippen molar-refractivity contribution in [2.24, 2.45) is 17.8 Å². The van der Waals surface area contributed by atoms with E-state index >= 15 is 0 Å². The van der Waals surface area contributed by atoms with E-state index in [0.29, 0.717) is 6.42 Å². The largest absolute Gasteiger partial charge is 0.281 e. The number of carbonyl (C=O) groups excluding carboxylic acids is 1. The molecule has 14 heavy (non-hydrogen) atoms. The van der Waals surface area contributed by atoms with Gasteiger partial charge < -0.3 is 0 Å². The van der Waals surface area contributed by atoms with Gasteiger partial charge in [-0.15, -0.1) is 0 Å². The Kier molecular flexibility index (Phi) is 3.48. The van der Waals surface area contributed by atoms with Gasteiger partial charge in [0.2, 0.25) is 5.24 Å². The molecular formula is C12H19ClO. The Morgan fingerprint density at radius 3 is 2.36 bits per heavy atom. The molecule has 0 aromatic heterocycles. The first-order chi connectivity index (χ1) is 6.74. The number of hydrogen-bond donors (Lipinski definition) is 0. The Morgan fingerprint density at radius 2 is 1.79 bits per heavy atom. The molecule has 80 valence electrons. The van der Waals surface area contributed by atoms with Crippen LogP contribution in [0.25, 0.3) is 0 Å². The average molecular weight is 215 g/mol. The fourth-order valence-electron chi connectivity index (χ4n) is 3.42. The van der Waals surface area contributed by atoms with Crippen molar-refractivity contribution in [3.05, 3.63) is 0 Å². The van der Waals surface area contributed by atoms with E-state index in [2.05, 4.69) is 0 Å². The molecule has 0 N–H and O–H groups in total. The zero-order valence-electron chi connectivity index (χ0n) is 8.68. The molecule has 2 aliphatic carbocycles. The topological polar surface area (TPSA) is 17.1 Å². The number of fused-ring (bicyclic) bond motifs is 2. The zero-order valence-corrected chi connectivity index (χ0v) is 9.43. The summed E-state index contributed by atoms with van der Waals surface area (Å²) in [6, 6.07) is 0. The van der Waals surface area contributed by atoms with Crippen LogP contribution in [-0.2, 0) is 4.79 Å². The summed E-state index contributed by atoms with van der Waals surface area (Å²) in [6.45, 7) is 0. The van der Waals surface area contributed by atoms with Crippen molar-refractivity contribution >= 4 is 16.8 Å². The van der Waals surface area contributed by atoms with Gasteiger partial charge in [-0.25, -0.2) is 0 Å². The lowest BCUT2D eigenvalue weighted by atomic mass is 9.67. The molecule has 0 saturated heterocycles. The minimum atomic E-state index is -0.152. The van der Waals surface area contributed by atoms with E-state index in [9.17, 15) is 4.79 Å². The Bertz CT molecular complexity index is 202. The van der Waals surface area contributed by atoms with Gasteiger partial charge in [0.1, 0.15) is 0 Å². The van der Waals surface area contributed by atoms with Gasteiger partial charge in [-0.2, -0.15) is 0 Å². The third kappa shape index (κ3) is 2.73. The highest BCUT2D eigenvalue weighted by Gasteiger charge is 2.31. The lowest BCUT2D eigenvalue weighted by molar-refractivity contribution is -0.112. The summed E-state index contributed by atoms with van der Waals surface area (Å²) in [5.74, 6) is 2.73. The van der Waals surface area contributed by atoms with Crippen molar-refractivity contribution < 1.29 is 4.79 Å². The van der Waals surface area contributed by atoms with E-state index in [-0.39, 0.29) is 5.24 Å². The number of rotatable bonds is 3. The molecule has 2 bridgehead atoms. The third-order valence-electron chi connectivity index (χ3n) is 3.97. The summed E-state index contributed by atoms with van der Waals surface area (Å²) in [7, 11) is 0. The maximum absolute atomic E-state index is 10.7. The zero-order chi connectivity index (χ0) is 9.97. The fourth-order valence-corrected chi connectivity index (χ4v) is 3.53. The molecule has 2 atom stereocenters. The van der Waals surface area contributed by atoms with Crippen LogP contribution >= 0.6 is 11.6 Å². The van der Waals surface area contributed by atoms with Crippen LogP contribution in [0.3, 0.4) is 0 Å². The second kappa shape index (κ2) is 4.65. The van der Waals surface area contributed by atoms with E-state index < -0.39 is 0 Å². The maximum atomic E-state index is 10.7. The van der Waals surface area contributed by atoms with Gasteiger partial charge in [0.15, 0.2) is 0 Å². The molecule has 0 aromatic rings. The van der Waals surface area contributed by atoms with Crippen LogP contribution < -0.4 is 0 Å². The number of halogens is 1. The Morgan fingerprint density at radius 1 is 1.14 bits per heavy atom. The van der Waals surface area contributed by atoms with Gasteiger partial charge in [-0.3, -0.25) is 4.79 Å². The summed E-state index contributed by atoms with van der Waals surface area (Å²) in [4.78, 5) is 10.7. The van der Waals surface area contributed by atoms with Crippen molar-refractivity contribution in [2.75, 3.05) is 0 Å². The van der Waals surface area contributed by atoms with Gasteiger partial charge in [0.25, 0.3) is 0 Å². The first-order valence-electron chi connectivity index (χ1n) is 5.92. The normalized spacial score (nSPS) is 36.8. The highest BCUT2D eigenvalue weighted by atomic mass is 35.5. The summed E-state index contributed by atoms with van der Waals surface area (Å²) in [5, 5.41) is -0.152. The monoisotopic (exact) mass is 214 g/mol. The van der Waals surface area contributed by atoms with Crippen LogP contribution in [-0.4, -0.2) is 5.24 Å². The van der Waals surface area contributed by atoms with Crippen molar-refractivity contribution in [1.82, 2.24) is 0 Å². The van der Waals surface area contributed by atoms with Crippen LogP contribution in [0.5, 0.6) is 0 Å². The average Bonchev–Trinajstić information content (AvgIpc) is 2.14. The Hall–Kier alpha value is -0.0400. The molecule has 2 aliphatic rings. The number of carbonyl (C=O) groups is 1. The van der Waals surface area contributed by atoms with Crippen LogP contribution in [0.1, 0.15) is 51.4 Å². The molecule has 0 spiro atoms. The van der Waals surface area contributed by atoms with Crippen LogP contribution in [0.15, 0.2) is 0 Å². The lowest BCUT2D eigenvalue weighted by Crippen LogP contribution is -2.26. The van der Waals surface area contributed by atoms with Crippen molar-refractivity contribution in [1.29, 1.82) is 0 Å². The predicted octanol–water partition coefficient (Wildman–Crippen LogP) is 3.75. The predicted molar refractivity (Wildman–Crippen MR) is 58.3 cm³/mol. The van der Waals surface area contributed by atoms with Gasteiger partial charge in [-0.05, 0) is 55.0 Å². The highest BCUT2D eigenvalue weighted by molar-refractivity contribution is 6.63. The standard InChI is InChI=1S/C12H19ClO/c13-12(14)5-4-11-7-9-2-1-3-10(6-9)8-11/h9-11H,1-8H2. The molecule has 2 fully saturated rings. The molecule has 0 heterocycles. The SMILES string of the molecule is O=C(Cl)CCC1CC2CCCC(C2)C1. The van der Waals surface area contributed by atoms with Gasteiger partial charge in [0.05, 0.1) is 0 Å². The molecule has 1 nitrogen and oxygen atoms in total. The molecule has 2 rings (SSSR count). The van der Waals surface area contributed by atoms with Crippen molar-refractivity contribution in [2.45, 2.75) is 51.4 Å². The smallest absolute Gasteiger partial charge is 0.221 e. The quantitative estimate of drug-likeness (QED) is 0.654. The molecule has 0 radical (unpaired) electrons. The second-order valence-electron chi connectivity index (χ2n) is 5.13. The van der Waals surface area contributed by atoms with Crippen LogP contribution in [0.2, 0.25) is 0 Å². The molecule has 0 aliphatic heterocycles. The maximum Gasteiger partial charge on any atom is 0.221 e. The summed E-state index contributed by atoms with van der Waals surface area (Å²) in [6.07, 6.45) is 10.1. The minimum Gasteiger partial charge on any atom is -0.281 e. The van der Waals surface area contributed by atoms with E-state index in [4.69, 9.17) is 11.6 Å². The van der Waals surface area contributed by atoms with E-state index in [1.54, 1.807) is 0 Å². The van der Waals surface area contributed by atoms with E-state index in [0.717, 1.165) is 24.2 Å². The minimum absolute atomic E-state index is 0.152. The van der Waals surface area contributed by atoms with Crippen LogP contribution in [0, 0.1) is 17.8 Å². The molecule has 0 amide bonds. The van der Waals surface area contributed by atoms with E-state index in [1.807, 2.05) is 0 Å². The summed E-state index contributed by atoms with van der Waals surface area (Å²) in [5.41, 5.74) is 0. The Balaban J connectivity index is 1.80. The summed E-state index contributed by atoms with van der Waals surface area (Å²) < 4.78 is 0. The first-order valence-corrected chi connectivity index (χ1v) is 6.30. The Labute approximate surface area is 91.2 Å². The molecule has 2 saturated carbocycles. The van der Waals surface area contributed by atoms with E-state index in [1.165, 1.54) is 38.5 Å². The highest BCUT2D eigenvalue weighted by Crippen LogP contribution is 2.43. The van der Waals surface area contributed by atoms with Gasteiger partial charge in [0, 0.05) is 6.42 Å². The van der Waals surface area contributed by atoms with Gasteiger partial charge in [-0.1, -0.05) is 19.3 Å².